The quantitative estimate of drug-likeness (QED) is 0.881. The highest BCUT2D eigenvalue weighted by Crippen LogP contribution is 2.27. The lowest BCUT2D eigenvalue weighted by atomic mass is 9.98. The summed E-state index contributed by atoms with van der Waals surface area (Å²) in [4.78, 5) is 13.9. The summed E-state index contributed by atoms with van der Waals surface area (Å²) in [5.41, 5.74) is 3.41. The third-order valence-electron chi connectivity index (χ3n) is 4.66. The van der Waals surface area contributed by atoms with E-state index in [1.165, 1.54) is 42.6 Å². The Bertz CT molecular complexity index is 488. The van der Waals surface area contributed by atoms with Gasteiger partial charge in [-0.05, 0) is 49.7 Å². The maximum Gasteiger partial charge on any atom is 0.279 e. The van der Waals surface area contributed by atoms with Gasteiger partial charge in [0.15, 0.2) is 6.54 Å². The number of carbonyl (C=O) groups excluding carboxylic acids is 1. The third-order valence-corrected chi connectivity index (χ3v) is 4.66. The van der Waals surface area contributed by atoms with Crippen LogP contribution in [0.1, 0.15) is 63.0 Å². The van der Waals surface area contributed by atoms with Gasteiger partial charge in [0.05, 0.1) is 13.1 Å². The largest absolute Gasteiger partial charge is 0.327 e. The Morgan fingerprint density at radius 2 is 1.77 bits per heavy atom. The lowest BCUT2D eigenvalue weighted by Crippen LogP contribution is -3.13. The minimum atomic E-state index is 0.159. The van der Waals surface area contributed by atoms with Gasteiger partial charge in [0.1, 0.15) is 0 Å². The lowest BCUT2D eigenvalue weighted by molar-refractivity contribution is -0.892. The van der Waals surface area contributed by atoms with E-state index in [2.05, 4.69) is 44.3 Å². The number of anilines is 1. The summed E-state index contributed by atoms with van der Waals surface area (Å²) in [5, 5.41) is 3.18. The molecule has 0 atom stereocenters. The van der Waals surface area contributed by atoms with E-state index in [9.17, 15) is 4.79 Å². The van der Waals surface area contributed by atoms with E-state index in [0.717, 1.165) is 24.3 Å². The van der Waals surface area contributed by atoms with Crippen molar-refractivity contribution in [1.29, 1.82) is 0 Å². The van der Waals surface area contributed by atoms with Gasteiger partial charge in [-0.25, -0.2) is 0 Å². The normalized spacial score (nSPS) is 17.1. The topological polar surface area (TPSA) is 33.5 Å². The Morgan fingerprint density at radius 1 is 1.14 bits per heavy atom. The number of aryl methyl sites for hydroxylation is 1. The summed E-state index contributed by atoms with van der Waals surface area (Å²) in [6.45, 7) is 9.30. The van der Waals surface area contributed by atoms with Crippen LogP contribution in [0.25, 0.3) is 0 Å². The summed E-state index contributed by atoms with van der Waals surface area (Å²) >= 11 is 0. The van der Waals surface area contributed by atoms with Crippen LogP contribution in [0.4, 0.5) is 5.69 Å². The molecule has 1 aliphatic rings. The Morgan fingerprint density at radius 3 is 2.41 bits per heavy atom. The minimum Gasteiger partial charge on any atom is -0.327 e. The molecule has 1 aromatic rings. The Hall–Kier alpha value is -1.35. The van der Waals surface area contributed by atoms with E-state index < -0.39 is 0 Å². The van der Waals surface area contributed by atoms with E-state index in [1.807, 2.05) is 0 Å². The second kappa shape index (κ2) is 8.33. The van der Waals surface area contributed by atoms with Gasteiger partial charge in [-0.15, -0.1) is 0 Å². The number of benzene rings is 1. The summed E-state index contributed by atoms with van der Waals surface area (Å²) in [6.07, 6.45) is 6.51. The molecule has 0 radical (unpaired) electrons. The molecule has 2 rings (SSSR count). The van der Waals surface area contributed by atoms with Crippen LogP contribution in [0.2, 0.25) is 0 Å². The zero-order valence-corrected chi connectivity index (χ0v) is 14.4. The molecular weight excluding hydrogens is 272 g/mol. The molecule has 3 heteroatoms. The van der Waals surface area contributed by atoms with Crippen LogP contribution in [0.15, 0.2) is 18.2 Å². The summed E-state index contributed by atoms with van der Waals surface area (Å²) in [7, 11) is 0. The number of hydrogen-bond donors (Lipinski definition) is 2. The van der Waals surface area contributed by atoms with E-state index >= 15 is 0 Å². The Kier molecular flexibility index (Phi) is 6.44. The van der Waals surface area contributed by atoms with Crippen LogP contribution in [-0.2, 0) is 4.79 Å². The predicted octanol–water partition coefficient (Wildman–Crippen LogP) is 2.91. The highest BCUT2D eigenvalue weighted by Gasteiger charge is 2.18. The molecule has 0 aromatic heterocycles. The number of amides is 1. The fraction of sp³-hybridized carbons (Fsp3) is 0.632. The van der Waals surface area contributed by atoms with Crippen molar-refractivity contribution in [3.05, 3.63) is 29.3 Å². The number of quaternary nitrogens is 1. The lowest BCUT2D eigenvalue weighted by Gasteiger charge is -2.22. The fourth-order valence-corrected chi connectivity index (χ4v) is 3.34. The van der Waals surface area contributed by atoms with Crippen molar-refractivity contribution >= 4 is 11.6 Å². The minimum absolute atomic E-state index is 0.159. The van der Waals surface area contributed by atoms with Crippen molar-refractivity contribution in [3.63, 3.8) is 0 Å². The highest BCUT2D eigenvalue weighted by atomic mass is 16.2. The van der Waals surface area contributed by atoms with Gasteiger partial charge in [0.2, 0.25) is 0 Å². The van der Waals surface area contributed by atoms with Crippen molar-refractivity contribution in [2.75, 3.05) is 25.0 Å². The first kappa shape index (κ1) is 17.0. The Balaban J connectivity index is 1.99. The van der Waals surface area contributed by atoms with Crippen LogP contribution in [0.3, 0.4) is 0 Å². The van der Waals surface area contributed by atoms with Crippen LogP contribution >= 0.6 is 0 Å². The van der Waals surface area contributed by atoms with Crippen LogP contribution < -0.4 is 10.2 Å². The molecule has 0 unspecified atom stereocenters. The van der Waals surface area contributed by atoms with Gasteiger partial charge in [0.25, 0.3) is 5.91 Å². The average molecular weight is 303 g/mol. The molecule has 1 heterocycles. The number of hydrogen-bond acceptors (Lipinski definition) is 1. The maximum absolute atomic E-state index is 12.5. The molecule has 2 N–H and O–H groups in total. The van der Waals surface area contributed by atoms with Gasteiger partial charge >= 0.3 is 0 Å². The highest BCUT2D eigenvalue weighted by molar-refractivity contribution is 5.93. The van der Waals surface area contributed by atoms with E-state index in [0.29, 0.717) is 12.5 Å². The van der Waals surface area contributed by atoms with Gasteiger partial charge in [-0.3, -0.25) is 4.79 Å². The summed E-state index contributed by atoms with van der Waals surface area (Å²) in [6, 6.07) is 6.27. The number of likely N-dealkylation sites (tertiary alicyclic amines) is 1. The third kappa shape index (κ3) is 4.84. The Labute approximate surface area is 135 Å². The van der Waals surface area contributed by atoms with E-state index in [-0.39, 0.29) is 5.91 Å². The number of para-hydroxylation sites is 1. The smallest absolute Gasteiger partial charge is 0.279 e. The molecule has 0 aliphatic carbocycles. The van der Waals surface area contributed by atoms with Crippen LogP contribution in [0.5, 0.6) is 0 Å². The first-order valence-electron chi connectivity index (χ1n) is 8.81. The number of rotatable bonds is 4. The summed E-state index contributed by atoms with van der Waals surface area (Å²) in [5.74, 6) is 0.580. The van der Waals surface area contributed by atoms with Crippen molar-refractivity contribution in [1.82, 2.24) is 0 Å². The molecule has 1 fully saturated rings. The van der Waals surface area contributed by atoms with Crippen LogP contribution in [-0.4, -0.2) is 25.5 Å². The first-order chi connectivity index (χ1) is 10.6. The molecule has 1 amide bonds. The van der Waals surface area contributed by atoms with Crippen molar-refractivity contribution in [2.24, 2.45) is 0 Å². The molecule has 3 nitrogen and oxygen atoms in total. The number of nitrogens with one attached hydrogen (secondary N) is 2. The number of carbonyl (C=O) groups is 1. The second-order valence-electron chi connectivity index (χ2n) is 6.94. The average Bonchev–Trinajstić information content (AvgIpc) is 2.43. The molecule has 0 spiro atoms. The molecule has 1 saturated heterocycles. The first-order valence-corrected chi connectivity index (χ1v) is 8.81. The van der Waals surface area contributed by atoms with Crippen molar-refractivity contribution in [2.45, 2.75) is 58.8 Å². The summed E-state index contributed by atoms with van der Waals surface area (Å²) < 4.78 is 0. The molecule has 0 saturated carbocycles. The second-order valence-corrected chi connectivity index (χ2v) is 6.94. The SMILES string of the molecule is Cc1cccc(C(C)C)c1NC(=O)C[NH+]1CCCCCCC1. The zero-order chi connectivity index (χ0) is 15.9. The molecule has 0 bridgehead atoms. The predicted molar refractivity (Wildman–Crippen MR) is 92.5 cm³/mol. The van der Waals surface area contributed by atoms with Crippen molar-refractivity contribution in [3.8, 4) is 0 Å². The van der Waals surface area contributed by atoms with Gasteiger partial charge < -0.3 is 10.2 Å². The molecule has 1 aromatic carbocycles. The van der Waals surface area contributed by atoms with E-state index in [1.54, 1.807) is 0 Å². The zero-order valence-electron chi connectivity index (χ0n) is 14.4. The van der Waals surface area contributed by atoms with E-state index in [4.69, 9.17) is 0 Å². The van der Waals surface area contributed by atoms with Crippen molar-refractivity contribution < 1.29 is 9.69 Å². The molecular formula is C19H31N2O+. The molecule has 1 aliphatic heterocycles. The maximum atomic E-state index is 12.5. The van der Waals surface area contributed by atoms with Crippen LogP contribution in [0, 0.1) is 6.92 Å². The standard InChI is InChI=1S/C19H30N2O/c1-15(2)17-11-9-10-16(3)19(17)20-18(22)14-21-12-7-5-4-6-8-13-21/h9-11,15H,4-8,12-14H2,1-3H3,(H,20,22)/p+1. The van der Waals surface area contributed by atoms with Gasteiger partial charge in [-0.2, -0.15) is 0 Å². The monoisotopic (exact) mass is 303 g/mol. The molecule has 122 valence electrons. The fourth-order valence-electron chi connectivity index (χ4n) is 3.34. The molecule has 22 heavy (non-hydrogen) atoms. The van der Waals surface area contributed by atoms with Gasteiger partial charge in [0, 0.05) is 5.69 Å². The van der Waals surface area contributed by atoms with Gasteiger partial charge in [-0.1, -0.05) is 38.5 Å².